The second kappa shape index (κ2) is 6.01. The van der Waals surface area contributed by atoms with Crippen LogP contribution in [-0.4, -0.2) is 12.2 Å². The number of para-hydroxylation sites is 1. The number of aliphatic hydroxyl groups is 1. The normalized spacial score (nSPS) is 12.2. The van der Waals surface area contributed by atoms with Crippen molar-refractivity contribution in [1.82, 2.24) is 0 Å². The minimum atomic E-state index is -1.12. The summed E-state index contributed by atoms with van der Waals surface area (Å²) in [4.78, 5) is 0. The van der Waals surface area contributed by atoms with Crippen LogP contribution in [0, 0.1) is 18.6 Å². The predicted octanol–water partition coefficient (Wildman–Crippen LogP) is 3.56. The lowest BCUT2D eigenvalue weighted by Gasteiger charge is -2.15. The predicted molar refractivity (Wildman–Crippen MR) is 72.8 cm³/mol. The lowest BCUT2D eigenvalue weighted by Crippen LogP contribution is -2.07. The summed E-state index contributed by atoms with van der Waals surface area (Å²) < 4.78 is 32.5. The van der Waals surface area contributed by atoms with Crippen LogP contribution in [-0.2, 0) is 6.42 Å². The van der Waals surface area contributed by atoms with Crippen LogP contribution in [0.3, 0.4) is 0 Å². The number of rotatable bonds is 4. The molecule has 20 heavy (non-hydrogen) atoms. The Hall–Kier alpha value is -1.94. The van der Waals surface area contributed by atoms with E-state index in [1.807, 2.05) is 0 Å². The Morgan fingerprint density at radius 2 is 1.80 bits per heavy atom. The zero-order valence-electron chi connectivity index (χ0n) is 11.4. The summed E-state index contributed by atoms with van der Waals surface area (Å²) >= 11 is 0. The van der Waals surface area contributed by atoms with Crippen molar-refractivity contribution < 1.29 is 18.6 Å². The Morgan fingerprint density at radius 1 is 1.10 bits per heavy atom. The van der Waals surface area contributed by atoms with Gasteiger partial charge in [-0.2, -0.15) is 0 Å². The van der Waals surface area contributed by atoms with Gasteiger partial charge in [0.15, 0.2) is 11.6 Å². The van der Waals surface area contributed by atoms with Crippen LogP contribution in [0.1, 0.15) is 22.8 Å². The molecule has 0 saturated carbocycles. The van der Waals surface area contributed by atoms with Crippen LogP contribution >= 0.6 is 0 Å². The van der Waals surface area contributed by atoms with E-state index in [2.05, 4.69) is 0 Å². The maximum absolute atomic E-state index is 13.8. The molecular formula is C16H16F2O2. The molecule has 0 spiro atoms. The number of hydrogen-bond acceptors (Lipinski definition) is 2. The topological polar surface area (TPSA) is 29.5 Å². The van der Waals surface area contributed by atoms with Crippen molar-refractivity contribution in [3.05, 3.63) is 64.7 Å². The Kier molecular flexibility index (Phi) is 4.35. The minimum absolute atomic E-state index is 0.0426. The van der Waals surface area contributed by atoms with E-state index in [-0.39, 0.29) is 17.5 Å². The molecule has 0 aliphatic carbocycles. The van der Waals surface area contributed by atoms with E-state index in [1.54, 1.807) is 24.3 Å². The van der Waals surface area contributed by atoms with E-state index < -0.39 is 17.7 Å². The van der Waals surface area contributed by atoms with Gasteiger partial charge in [-0.25, -0.2) is 8.78 Å². The van der Waals surface area contributed by atoms with Crippen molar-refractivity contribution in [3.8, 4) is 5.75 Å². The number of ether oxygens (including phenoxy) is 1. The Morgan fingerprint density at radius 3 is 2.50 bits per heavy atom. The highest BCUT2D eigenvalue weighted by molar-refractivity contribution is 5.35. The molecule has 4 heteroatoms. The first kappa shape index (κ1) is 14.5. The van der Waals surface area contributed by atoms with Crippen molar-refractivity contribution in [2.75, 3.05) is 7.11 Å². The lowest BCUT2D eigenvalue weighted by atomic mass is 9.99. The molecule has 0 aliphatic heterocycles. The SMILES string of the molecule is COc1ccccc1CC(O)c1ccc(C)c(F)c1F. The molecule has 0 aliphatic rings. The summed E-state index contributed by atoms with van der Waals surface area (Å²) in [5.41, 5.74) is 0.914. The van der Waals surface area contributed by atoms with Crippen LogP contribution in [0.5, 0.6) is 5.75 Å². The lowest BCUT2D eigenvalue weighted by molar-refractivity contribution is 0.171. The molecule has 0 saturated heterocycles. The second-order valence-corrected chi connectivity index (χ2v) is 4.63. The van der Waals surface area contributed by atoms with Gasteiger partial charge in [-0.3, -0.25) is 0 Å². The highest BCUT2D eigenvalue weighted by Gasteiger charge is 2.19. The van der Waals surface area contributed by atoms with E-state index in [0.29, 0.717) is 5.75 Å². The maximum Gasteiger partial charge on any atom is 0.164 e. The van der Waals surface area contributed by atoms with E-state index in [0.717, 1.165) is 5.56 Å². The molecule has 106 valence electrons. The standard InChI is InChI=1S/C16H16F2O2/c1-10-7-8-12(16(18)15(10)17)13(19)9-11-5-3-4-6-14(11)20-2/h3-8,13,19H,9H2,1-2H3. The van der Waals surface area contributed by atoms with Crippen molar-refractivity contribution in [2.45, 2.75) is 19.4 Å². The summed E-state index contributed by atoms with van der Waals surface area (Å²) in [6.07, 6.45) is -0.968. The number of methoxy groups -OCH3 is 1. The Bertz CT molecular complexity index is 611. The van der Waals surface area contributed by atoms with E-state index in [1.165, 1.54) is 26.2 Å². The first-order valence-corrected chi connectivity index (χ1v) is 6.29. The van der Waals surface area contributed by atoms with Gasteiger partial charge in [0.05, 0.1) is 13.2 Å². The van der Waals surface area contributed by atoms with Crippen LogP contribution < -0.4 is 4.74 Å². The molecule has 1 unspecified atom stereocenters. The number of hydrogen-bond donors (Lipinski definition) is 1. The first-order valence-electron chi connectivity index (χ1n) is 6.29. The molecule has 1 atom stereocenters. The fraction of sp³-hybridized carbons (Fsp3) is 0.250. The number of halogens is 2. The highest BCUT2D eigenvalue weighted by atomic mass is 19.2. The molecule has 2 rings (SSSR count). The molecule has 0 aromatic heterocycles. The fourth-order valence-corrected chi connectivity index (χ4v) is 2.11. The number of aryl methyl sites for hydroxylation is 1. The van der Waals surface area contributed by atoms with Gasteiger partial charge in [0.2, 0.25) is 0 Å². The summed E-state index contributed by atoms with van der Waals surface area (Å²) in [6.45, 7) is 1.48. The third kappa shape index (κ3) is 2.80. The average Bonchev–Trinajstić information content (AvgIpc) is 2.45. The quantitative estimate of drug-likeness (QED) is 0.926. The second-order valence-electron chi connectivity index (χ2n) is 4.63. The molecule has 0 fully saturated rings. The molecule has 2 aromatic carbocycles. The molecule has 0 bridgehead atoms. The first-order chi connectivity index (χ1) is 9.54. The molecular weight excluding hydrogens is 262 g/mol. The summed E-state index contributed by atoms with van der Waals surface area (Å²) in [5, 5.41) is 10.1. The van der Waals surface area contributed by atoms with Crippen LogP contribution in [0.25, 0.3) is 0 Å². The van der Waals surface area contributed by atoms with E-state index in [4.69, 9.17) is 4.74 Å². The fourth-order valence-electron chi connectivity index (χ4n) is 2.11. The molecule has 2 nitrogen and oxygen atoms in total. The van der Waals surface area contributed by atoms with Gasteiger partial charge in [-0.15, -0.1) is 0 Å². The maximum atomic E-state index is 13.8. The zero-order valence-corrected chi connectivity index (χ0v) is 11.4. The number of benzene rings is 2. The van der Waals surface area contributed by atoms with Crippen molar-refractivity contribution >= 4 is 0 Å². The van der Waals surface area contributed by atoms with Crippen molar-refractivity contribution in [3.63, 3.8) is 0 Å². The smallest absolute Gasteiger partial charge is 0.164 e. The van der Waals surface area contributed by atoms with Crippen molar-refractivity contribution in [1.29, 1.82) is 0 Å². The van der Waals surface area contributed by atoms with Crippen molar-refractivity contribution in [2.24, 2.45) is 0 Å². The van der Waals surface area contributed by atoms with E-state index >= 15 is 0 Å². The van der Waals surface area contributed by atoms with Crippen LogP contribution in [0.4, 0.5) is 8.78 Å². The molecule has 1 N–H and O–H groups in total. The zero-order chi connectivity index (χ0) is 14.7. The van der Waals surface area contributed by atoms with Gasteiger partial charge in [-0.05, 0) is 24.1 Å². The molecule has 0 amide bonds. The van der Waals surface area contributed by atoms with Gasteiger partial charge < -0.3 is 9.84 Å². The van der Waals surface area contributed by atoms with Gasteiger partial charge in [0.25, 0.3) is 0 Å². The van der Waals surface area contributed by atoms with Gasteiger partial charge in [-0.1, -0.05) is 30.3 Å². The molecule has 0 heterocycles. The molecule has 2 aromatic rings. The summed E-state index contributed by atoms with van der Waals surface area (Å²) in [7, 11) is 1.53. The van der Waals surface area contributed by atoms with Gasteiger partial charge in [0, 0.05) is 12.0 Å². The Balaban J connectivity index is 2.29. The van der Waals surface area contributed by atoms with Crippen LogP contribution in [0.2, 0.25) is 0 Å². The van der Waals surface area contributed by atoms with Gasteiger partial charge >= 0.3 is 0 Å². The van der Waals surface area contributed by atoms with E-state index in [9.17, 15) is 13.9 Å². The third-order valence-electron chi connectivity index (χ3n) is 3.27. The monoisotopic (exact) mass is 278 g/mol. The summed E-state index contributed by atoms with van der Waals surface area (Å²) in [6, 6.07) is 10.0. The highest BCUT2D eigenvalue weighted by Crippen LogP contribution is 2.27. The number of aliphatic hydroxyl groups excluding tert-OH is 1. The largest absolute Gasteiger partial charge is 0.496 e. The third-order valence-corrected chi connectivity index (χ3v) is 3.27. The molecule has 0 radical (unpaired) electrons. The summed E-state index contributed by atoms with van der Waals surface area (Å²) in [5.74, 6) is -1.30. The average molecular weight is 278 g/mol. The van der Waals surface area contributed by atoms with Gasteiger partial charge in [0.1, 0.15) is 5.75 Å². The minimum Gasteiger partial charge on any atom is -0.496 e. The van der Waals surface area contributed by atoms with Crippen LogP contribution in [0.15, 0.2) is 36.4 Å². The Labute approximate surface area is 116 Å².